The summed E-state index contributed by atoms with van der Waals surface area (Å²) >= 11 is 5.65. The lowest BCUT2D eigenvalue weighted by molar-refractivity contribution is -0.137. The summed E-state index contributed by atoms with van der Waals surface area (Å²) in [6.07, 6.45) is -1.04. The van der Waals surface area contributed by atoms with E-state index >= 15 is 0 Å². The molecular weight excluding hydrogens is 457 g/mol. The van der Waals surface area contributed by atoms with Gasteiger partial charge in [-0.25, -0.2) is 9.78 Å². The van der Waals surface area contributed by atoms with Crippen LogP contribution in [0.5, 0.6) is 0 Å². The quantitative estimate of drug-likeness (QED) is 0.680. The minimum atomic E-state index is -4.59. The predicted octanol–water partition coefficient (Wildman–Crippen LogP) is 4.80. The highest BCUT2D eigenvalue weighted by molar-refractivity contribution is 6.31. The second-order valence-electron chi connectivity index (χ2n) is 8.31. The number of hydrogen-bond acceptors (Lipinski definition) is 5. The second kappa shape index (κ2) is 9.62. The zero-order chi connectivity index (χ0) is 23.6. The molecule has 0 aliphatic carbocycles. The third kappa shape index (κ3) is 5.61. The maximum atomic E-state index is 13.1. The highest BCUT2D eigenvalue weighted by Gasteiger charge is 2.33. The molecule has 33 heavy (non-hydrogen) atoms. The van der Waals surface area contributed by atoms with Gasteiger partial charge >= 0.3 is 12.2 Å². The van der Waals surface area contributed by atoms with Crippen molar-refractivity contribution >= 4 is 35.1 Å². The molecule has 7 nitrogen and oxygen atoms in total. The molecule has 2 aromatic rings. The Kier molecular flexibility index (Phi) is 6.83. The molecule has 4 rings (SSSR count). The molecule has 0 unspecified atom stereocenters. The number of piperidine rings is 1. The zero-order valence-corrected chi connectivity index (χ0v) is 19.1. The molecule has 2 amide bonds. The average molecular weight is 483 g/mol. The van der Waals surface area contributed by atoms with Gasteiger partial charge < -0.3 is 20.0 Å². The van der Waals surface area contributed by atoms with Crippen LogP contribution in [0.25, 0.3) is 0 Å². The number of carbonyl (C=O) groups is 1. The Morgan fingerprint density at radius 2 is 1.67 bits per heavy atom. The van der Waals surface area contributed by atoms with Gasteiger partial charge in [0, 0.05) is 56.7 Å². The van der Waals surface area contributed by atoms with Crippen LogP contribution in [0.1, 0.15) is 30.5 Å². The maximum absolute atomic E-state index is 13.1. The number of carbonyl (C=O) groups excluding carboxylic acids is 1. The van der Waals surface area contributed by atoms with E-state index < -0.39 is 22.8 Å². The molecule has 2 saturated heterocycles. The number of aromatic nitrogens is 2. The van der Waals surface area contributed by atoms with Crippen LogP contribution in [-0.2, 0) is 6.18 Å². The first-order chi connectivity index (χ1) is 15.7. The summed E-state index contributed by atoms with van der Waals surface area (Å²) in [7, 11) is 0. The van der Waals surface area contributed by atoms with E-state index in [0.29, 0.717) is 32.1 Å². The average Bonchev–Trinajstić information content (AvgIpc) is 2.80. The van der Waals surface area contributed by atoms with Crippen molar-refractivity contribution in [1.29, 1.82) is 0 Å². The van der Waals surface area contributed by atoms with Crippen molar-refractivity contribution in [3.63, 3.8) is 0 Å². The number of anilines is 3. The molecule has 178 valence electrons. The van der Waals surface area contributed by atoms with Crippen LogP contribution >= 0.6 is 11.6 Å². The maximum Gasteiger partial charge on any atom is 0.417 e. The number of rotatable bonds is 3. The summed E-state index contributed by atoms with van der Waals surface area (Å²) in [5, 5.41) is 2.13. The van der Waals surface area contributed by atoms with Crippen molar-refractivity contribution in [2.75, 3.05) is 54.4 Å². The van der Waals surface area contributed by atoms with Crippen LogP contribution < -0.4 is 15.1 Å². The van der Waals surface area contributed by atoms with Gasteiger partial charge in [0.25, 0.3) is 0 Å². The highest BCUT2D eigenvalue weighted by Crippen LogP contribution is 2.36. The van der Waals surface area contributed by atoms with Gasteiger partial charge in [0.2, 0.25) is 5.95 Å². The van der Waals surface area contributed by atoms with Crippen molar-refractivity contribution in [3.05, 3.63) is 40.5 Å². The molecular formula is C22H26ClF3N6O. The molecule has 0 spiro atoms. The lowest BCUT2D eigenvalue weighted by Gasteiger charge is -2.35. The van der Waals surface area contributed by atoms with E-state index in [2.05, 4.69) is 15.2 Å². The van der Waals surface area contributed by atoms with Gasteiger partial charge in [-0.05, 0) is 44.4 Å². The molecule has 0 radical (unpaired) electrons. The minimum absolute atomic E-state index is 0.0485. The van der Waals surface area contributed by atoms with Crippen LogP contribution in [0.15, 0.2) is 24.3 Å². The summed E-state index contributed by atoms with van der Waals surface area (Å²) in [6.45, 7) is 5.80. The van der Waals surface area contributed by atoms with Gasteiger partial charge in [0.1, 0.15) is 5.82 Å². The van der Waals surface area contributed by atoms with E-state index in [1.807, 2.05) is 17.9 Å². The number of benzene rings is 1. The smallest absolute Gasteiger partial charge is 0.356 e. The first-order valence-electron chi connectivity index (χ1n) is 11.0. The normalized spacial score (nSPS) is 17.3. The molecule has 1 aromatic carbocycles. The predicted molar refractivity (Wildman–Crippen MR) is 122 cm³/mol. The number of halogens is 4. The Bertz CT molecular complexity index is 1000. The summed E-state index contributed by atoms with van der Waals surface area (Å²) in [4.78, 5) is 27.8. The molecule has 0 bridgehead atoms. The lowest BCUT2D eigenvalue weighted by atomic mass is 10.1. The number of urea groups is 1. The van der Waals surface area contributed by atoms with E-state index in [4.69, 9.17) is 16.6 Å². The van der Waals surface area contributed by atoms with Gasteiger partial charge in [0.15, 0.2) is 0 Å². The first-order valence-corrected chi connectivity index (χ1v) is 11.4. The first kappa shape index (κ1) is 23.4. The standard InChI is InChI=1S/C22H26ClF3N6O/c1-15-13-19(30-7-3-2-4-8-30)29-20(27-15)31-9-11-32(12-10-31)21(33)28-16-5-6-18(23)17(14-16)22(24,25)26/h5-6,13-14H,2-4,7-12H2,1H3,(H,28,33). The van der Waals surface area contributed by atoms with Gasteiger partial charge in [-0.15, -0.1) is 0 Å². The number of nitrogens with zero attached hydrogens (tertiary/aromatic N) is 5. The topological polar surface area (TPSA) is 64.6 Å². The zero-order valence-electron chi connectivity index (χ0n) is 18.3. The van der Waals surface area contributed by atoms with E-state index in [-0.39, 0.29) is 5.69 Å². The Labute approximate surface area is 195 Å². The Morgan fingerprint density at radius 1 is 0.970 bits per heavy atom. The van der Waals surface area contributed by atoms with Gasteiger partial charge in [-0.2, -0.15) is 18.2 Å². The molecule has 1 N–H and O–H groups in total. The molecule has 2 aliphatic rings. The number of aryl methyl sites for hydroxylation is 1. The van der Waals surface area contributed by atoms with Crippen molar-refractivity contribution in [3.8, 4) is 0 Å². The third-order valence-electron chi connectivity index (χ3n) is 5.88. The van der Waals surface area contributed by atoms with Crippen LogP contribution in [0, 0.1) is 6.92 Å². The SMILES string of the molecule is Cc1cc(N2CCCCC2)nc(N2CCN(C(=O)Nc3ccc(Cl)c(C(F)(F)F)c3)CC2)n1. The fraction of sp³-hybridized carbons (Fsp3) is 0.500. The molecule has 0 saturated carbocycles. The second-order valence-corrected chi connectivity index (χ2v) is 8.72. The van der Waals surface area contributed by atoms with E-state index in [1.54, 1.807) is 4.90 Å². The number of piperazine rings is 1. The van der Waals surface area contributed by atoms with Crippen molar-refractivity contribution < 1.29 is 18.0 Å². The number of alkyl halides is 3. The molecule has 2 fully saturated rings. The Morgan fingerprint density at radius 3 is 2.33 bits per heavy atom. The molecule has 3 heterocycles. The molecule has 2 aliphatic heterocycles. The van der Waals surface area contributed by atoms with E-state index in [0.717, 1.165) is 49.6 Å². The number of amides is 2. The number of hydrogen-bond donors (Lipinski definition) is 1. The molecule has 0 atom stereocenters. The third-order valence-corrected chi connectivity index (χ3v) is 6.21. The van der Waals surface area contributed by atoms with Crippen LogP contribution in [0.3, 0.4) is 0 Å². The molecule has 1 aromatic heterocycles. The summed E-state index contributed by atoms with van der Waals surface area (Å²) in [5.74, 6) is 1.57. The summed E-state index contributed by atoms with van der Waals surface area (Å²) < 4.78 is 39.2. The summed E-state index contributed by atoms with van der Waals surface area (Å²) in [5.41, 5.74) is -0.0378. The van der Waals surface area contributed by atoms with Crippen molar-refractivity contribution in [2.45, 2.75) is 32.4 Å². The van der Waals surface area contributed by atoms with E-state index in [9.17, 15) is 18.0 Å². The van der Waals surface area contributed by atoms with Crippen LogP contribution in [0.4, 0.5) is 35.4 Å². The Hall–Kier alpha value is -2.75. The lowest BCUT2D eigenvalue weighted by Crippen LogP contribution is -2.50. The highest BCUT2D eigenvalue weighted by atomic mass is 35.5. The van der Waals surface area contributed by atoms with Crippen molar-refractivity contribution in [2.24, 2.45) is 0 Å². The van der Waals surface area contributed by atoms with E-state index in [1.165, 1.54) is 12.5 Å². The van der Waals surface area contributed by atoms with Crippen LogP contribution in [-0.4, -0.2) is 60.2 Å². The van der Waals surface area contributed by atoms with Crippen molar-refractivity contribution in [1.82, 2.24) is 14.9 Å². The fourth-order valence-electron chi connectivity index (χ4n) is 4.10. The summed E-state index contributed by atoms with van der Waals surface area (Å²) in [6, 6.07) is 4.88. The largest absolute Gasteiger partial charge is 0.417 e. The van der Waals surface area contributed by atoms with Gasteiger partial charge in [-0.1, -0.05) is 11.6 Å². The fourth-order valence-corrected chi connectivity index (χ4v) is 4.32. The number of nitrogens with one attached hydrogen (secondary N) is 1. The molecule has 11 heteroatoms. The van der Waals surface area contributed by atoms with Gasteiger partial charge in [-0.3, -0.25) is 0 Å². The van der Waals surface area contributed by atoms with Gasteiger partial charge in [0.05, 0.1) is 10.6 Å². The Balaban J connectivity index is 1.38. The van der Waals surface area contributed by atoms with Crippen LogP contribution in [0.2, 0.25) is 5.02 Å². The minimum Gasteiger partial charge on any atom is -0.356 e. The monoisotopic (exact) mass is 482 g/mol.